The van der Waals surface area contributed by atoms with Crippen molar-refractivity contribution in [2.75, 3.05) is 0 Å². The Kier molecular flexibility index (Phi) is 5.27. The van der Waals surface area contributed by atoms with E-state index in [1.54, 1.807) is 0 Å². The number of nitrogens with zero attached hydrogens (tertiary/aromatic N) is 3. The van der Waals surface area contributed by atoms with Gasteiger partial charge < -0.3 is 5.11 Å². The van der Waals surface area contributed by atoms with Gasteiger partial charge >= 0.3 is 6.18 Å². The number of carbonyl (C=O) groups is 1. The van der Waals surface area contributed by atoms with E-state index in [1.165, 1.54) is 17.5 Å². The Bertz CT molecular complexity index is 843. The van der Waals surface area contributed by atoms with Crippen LogP contribution in [0.25, 0.3) is 0 Å². The van der Waals surface area contributed by atoms with Gasteiger partial charge in [-0.2, -0.15) is 18.3 Å². The number of halogens is 3. The van der Waals surface area contributed by atoms with Crippen LogP contribution in [0.1, 0.15) is 9.67 Å². The van der Waals surface area contributed by atoms with Crippen LogP contribution in [-0.4, -0.2) is 22.0 Å². The third-order valence-corrected chi connectivity index (χ3v) is 3.65. The Morgan fingerprint density at radius 1 is 1.20 bits per heavy atom. The Labute approximate surface area is 141 Å². The van der Waals surface area contributed by atoms with Crippen molar-refractivity contribution in [3.05, 3.63) is 68.2 Å². The highest BCUT2D eigenvalue weighted by atomic mass is 32.1. The van der Waals surface area contributed by atoms with Gasteiger partial charge in [0.05, 0.1) is 15.5 Å². The van der Waals surface area contributed by atoms with Crippen LogP contribution >= 0.6 is 11.3 Å². The van der Waals surface area contributed by atoms with Crippen LogP contribution in [0.4, 0.5) is 24.5 Å². The predicted molar refractivity (Wildman–Crippen MR) is 82.0 cm³/mol. The molecule has 0 saturated heterocycles. The molecule has 0 amide bonds. The summed E-state index contributed by atoms with van der Waals surface area (Å²) in [6, 6.07) is 7.15. The summed E-state index contributed by atoms with van der Waals surface area (Å²) in [6.07, 6.45) is -5.18. The molecule has 0 atom stereocenters. The maximum absolute atomic E-state index is 12.7. The van der Waals surface area contributed by atoms with E-state index in [0.717, 1.165) is 35.6 Å². The molecular weight excluding hydrogens is 363 g/mol. The van der Waals surface area contributed by atoms with E-state index in [1.807, 2.05) is 0 Å². The van der Waals surface area contributed by atoms with Crippen molar-refractivity contribution in [1.82, 2.24) is 0 Å². The molecule has 11 heteroatoms. The zero-order valence-corrected chi connectivity index (χ0v) is 12.9. The predicted octanol–water partition coefficient (Wildman–Crippen LogP) is 4.95. The number of nitro benzene ring substituents is 1. The molecule has 25 heavy (non-hydrogen) atoms. The first-order chi connectivity index (χ1) is 11.7. The van der Waals surface area contributed by atoms with E-state index in [2.05, 4.69) is 10.2 Å². The topological polar surface area (TPSA) is 105 Å². The van der Waals surface area contributed by atoms with Crippen molar-refractivity contribution < 1.29 is 28.0 Å². The molecule has 1 aromatic carbocycles. The van der Waals surface area contributed by atoms with E-state index in [-0.39, 0.29) is 16.3 Å². The first kappa shape index (κ1) is 18.3. The zero-order chi connectivity index (χ0) is 18.6. The van der Waals surface area contributed by atoms with E-state index >= 15 is 0 Å². The van der Waals surface area contributed by atoms with Gasteiger partial charge in [0.2, 0.25) is 11.5 Å². The van der Waals surface area contributed by atoms with Crippen LogP contribution < -0.4 is 0 Å². The van der Waals surface area contributed by atoms with Gasteiger partial charge in [-0.3, -0.25) is 14.9 Å². The van der Waals surface area contributed by atoms with Crippen molar-refractivity contribution in [2.45, 2.75) is 6.18 Å². The number of benzene rings is 1. The summed E-state index contributed by atoms with van der Waals surface area (Å²) in [7, 11) is 0. The summed E-state index contributed by atoms with van der Waals surface area (Å²) in [6.45, 7) is 0. The number of ketones is 1. The second-order valence-corrected chi connectivity index (χ2v) is 5.42. The fourth-order valence-corrected chi connectivity index (χ4v) is 2.27. The summed E-state index contributed by atoms with van der Waals surface area (Å²) < 4.78 is 38.2. The molecular formula is C14H8F3N3O4S. The molecule has 0 fully saturated rings. The molecule has 0 spiro atoms. The summed E-state index contributed by atoms with van der Waals surface area (Å²) in [5.74, 6) is -3.31. The Morgan fingerprint density at radius 3 is 2.32 bits per heavy atom. The molecule has 2 rings (SSSR count). The highest BCUT2D eigenvalue weighted by Gasteiger charge is 2.39. The quantitative estimate of drug-likeness (QED) is 0.200. The van der Waals surface area contributed by atoms with Crippen molar-refractivity contribution in [3.8, 4) is 0 Å². The van der Waals surface area contributed by atoms with Gasteiger partial charge in [0.25, 0.3) is 5.69 Å². The highest BCUT2D eigenvalue weighted by molar-refractivity contribution is 7.12. The second kappa shape index (κ2) is 7.21. The molecule has 0 saturated carbocycles. The monoisotopic (exact) mass is 371 g/mol. The molecule has 1 aromatic heterocycles. The number of carbonyl (C=O) groups excluding carboxylic acids is 1. The van der Waals surface area contributed by atoms with Gasteiger partial charge in [-0.25, -0.2) is 0 Å². The molecule has 1 N–H and O–H groups in total. The number of aliphatic hydroxyl groups excluding tert-OH is 1. The first-order valence-electron chi connectivity index (χ1n) is 6.45. The number of aliphatic hydroxyl groups is 1. The van der Waals surface area contributed by atoms with Crippen LogP contribution in [0, 0.1) is 10.1 Å². The summed E-state index contributed by atoms with van der Waals surface area (Å²) in [5, 5.41) is 28.0. The maximum Gasteiger partial charge on any atom is 0.451 e. The van der Waals surface area contributed by atoms with Crippen molar-refractivity contribution >= 4 is 28.5 Å². The van der Waals surface area contributed by atoms with Crippen LogP contribution in [0.15, 0.2) is 63.5 Å². The first-order valence-corrected chi connectivity index (χ1v) is 7.33. The fourth-order valence-electron chi connectivity index (χ4n) is 1.61. The number of Topliss-reactive ketones (excluding diaryl/α,β-unsaturated/α-hetero) is 1. The number of nitro groups is 1. The third-order valence-electron chi connectivity index (χ3n) is 2.78. The average molecular weight is 371 g/mol. The fraction of sp³-hybridized carbons (Fsp3) is 0.0714. The van der Waals surface area contributed by atoms with Crippen LogP contribution in [0.3, 0.4) is 0 Å². The number of non-ortho nitro benzene ring substituents is 1. The van der Waals surface area contributed by atoms with Gasteiger partial charge in [0, 0.05) is 12.1 Å². The van der Waals surface area contributed by atoms with Gasteiger partial charge in [-0.05, 0) is 23.6 Å². The minimum absolute atomic E-state index is 0.0305. The second-order valence-electron chi connectivity index (χ2n) is 4.47. The Balaban J connectivity index is 2.40. The van der Waals surface area contributed by atoms with Gasteiger partial charge in [-0.15, -0.1) is 16.5 Å². The van der Waals surface area contributed by atoms with Gasteiger partial charge in [0.1, 0.15) is 0 Å². The van der Waals surface area contributed by atoms with Crippen LogP contribution in [-0.2, 0) is 0 Å². The molecule has 0 unspecified atom stereocenters. The number of rotatable bonds is 5. The van der Waals surface area contributed by atoms with Crippen molar-refractivity contribution in [1.29, 1.82) is 0 Å². The van der Waals surface area contributed by atoms with Crippen LogP contribution in [0.5, 0.6) is 0 Å². The van der Waals surface area contributed by atoms with E-state index in [9.17, 15) is 33.2 Å². The van der Waals surface area contributed by atoms with Crippen LogP contribution in [0.2, 0.25) is 0 Å². The number of azo groups is 1. The molecule has 1 heterocycles. The largest absolute Gasteiger partial charge is 0.503 e. The minimum Gasteiger partial charge on any atom is -0.503 e. The molecule has 2 aromatic rings. The van der Waals surface area contributed by atoms with Gasteiger partial charge in [0.15, 0.2) is 5.70 Å². The van der Waals surface area contributed by atoms with E-state index in [0.29, 0.717) is 0 Å². The molecule has 0 aliphatic heterocycles. The zero-order valence-electron chi connectivity index (χ0n) is 12.1. The van der Waals surface area contributed by atoms with E-state index in [4.69, 9.17) is 0 Å². The summed E-state index contributed by atoms with van der Waals surface area (Å²) >= 11 is 0.875. The molecule has 0 aliphatic rings. The normalized spacial score (nSPS) is 12.9. The van der Waals surface area contributed by atoms with E-state index < -0.39 is 28.3 Å². The number of thiophene rings is 1. The summed E-state index contributed by atoms with van der Waals surface area (Å²) in [4.78, 5) is 21.9. The average Bonchev–Trinajstić information content (AvgIpc) is 3.08. The standard InChI is InChI=1S/C14H8F3N3O4S/c15-14(16,17)13(22)11(12(21)10-2-1-7-25-10)19-18-8-3-5-9(6-4-8)20(23)24/h1-7,22H/b13-11-,19-18?. The SMILES string of the molecule is O=C(/C(N=Nc1ccc([N+](=O)[O-])cc1)=C(/O)C(F)(F)F)c1cccs1. The lowest BCUT2D eigenvalue weighted by molar-refractivity contribution is -0.384. The van der Waals surface area contributed by atoms with Crippen molar-refractivity contribution in [3.63, 3.8) is 0 Å². The minimum atomic E-state index is -5.18. The number of hydrogen-bond donors (Lipinski definition) is 1. The molecule has 0 aliphatic carbocycles. The Hall–Kier alpha value is -3.08. The molecule has 130 valence electrons. The number of allylic oxidation sites excluding steroid dienone is 2. The summed E-state index contributed by atoms with van der Waals surface area (Å²) in [5.41, 5.74) is -1.55. The number of hydrogen-bond acceptors (Lipinski definition) is 7. The molecule has 0 bridgehead atoms. The Morgan fingerprint density at radius 2 is 1.84 bits per heavy atom. The molecule has 0 radical (unpaired) electrons. The smallest absolute Gasteiger partial charge is 0.451 e. The lowest BCUT2D eigenvalue weighted by atomic mass is 10.2. The highest BCUT2D eigenvalue weighted by Crippen LogP contribution is 2.30. The molecule has 7 nitrogen and oxygen atoms in total. The third kappa shape index (κ3) is 4.47. The van der Waals surface area contributed by atoms with Gasteiger partial charge in [-0.1, -0.05) is 6.07 Å². The lowest BCUT2D eigenvalue weighted by Gasteiger charge is -2.07. The maximum atomic E-state index is 12.7. The lowest BCUT2D eigenvalue weighted by Crippen LogP contribution is -2.17. The van der Waals surface area contributed by atoms with Crippen molar-refractivity contribution in [2.24, 2.45) is 10.2 Å². The number of alkyl halides is 3.